The van der Waals surface area contributed by atoms with Crippen molar-refractivity contribution in [1.82, 2.24) is 4.98 Å². The Morgan fingerprint density at radius 3 is 2.59 bits per heavy atom. The number of fused-ring (bicyclic) bond motifs is 5. The number of allylic oxidation sites excluding steroid dienone is 4. The third-order valence-corrected chi connectivity index (χ3v) is 9.23. The summed E-state index contributed by atoms with van der Waals surface area (Å²) in [5.74, 6) is 1.60. The Balaban J connectivity index is 1.41. The molecular formula is C26H32NO2-. The maximum atomic E-state index is 11.1. The first-order valence-corrected chi connectivity index (χ1v) is 11.4. The molecule has 5 rings (SSSR count). The van der Waals surface area contributed by atoms with Crippen LogP contribution in [0.3, 0.4) is 0 Å². The molecule has 154 valence electrons. The minimum atomic E-state index is -0.887. The molecule has 2 saturated carbocycles. The number of carboxylic acid groups (broad SMARTS) is 1. The van der Waals surface area contributed by atoms with E-state index in [-0.39, 0.29) is 23.2 Å². The molecule has 0 amide bonds. The third-order valence-electron chi connectivity index (χ3n) is 9.23. The van der Waals surface area contributed by atoms with Crippen molar-refractivity contribution in [3.63, 3.8) is 0 Å². The summed E-state index contributed by atoms with van der Waals surface area (Å²) in [5.41, 5.74) is 4.99. The standard InChI is InChI=1S/C26H33NO2/c1-25-11-7-17(16-24(28)29)15-19(25)3-4-20-22-6-5-21(18-9-13-27-14-10-18)26(22,2)12-8-23(20)25/h3,5,9-10,13-14,17,20,22-23H,4,6-8,11-12,15-16H2,1-2H3,(H,28,29)/p-1/t17-,20-,22-,23-,25-,26+/m0/s1. The van der Waals surface area contributed by atoms with Crippen LogP contribution in [0.5, 0.6) is 0 Å². The molecular weight excluding hydrogens is 358 g/mol. The minimum absolute atomic E-state index is 0.224. The van der Waals surface area contributed by atoms with E-state index in [1.165, 1.54) is 31.2 Å². The molecule has 3 heteroatoms. The highest BCUT2D eigenvalue weighted by Crippen LogP contribution is 2.66. The van der Waals surface area contributed by atoms with E-state index in [1.807, 2.05) is 12.4 Å². The van der Waals surface area contributed by atoms with Crippen molar-refractivity contribution in [2.75, 3.05) is 0 Å². The Hall–Kier alpha value is -1.90. The molecule has 0 spiro atoms. The van der Waals surface area contributed by atoms with E-state index < -0.39 is 5.97 Å². The normalized spacial score (nSPS) is 40.9. The largest absolute Gasteiger partial charge is 0.550 e. The van der Waals surface area contributed by atoms with Gasteiger partial charge in [0.1, 0.15) is 0 Å². The molecule has 1 heterocycles. The smallest absolute Gasteiger partial charge is 0.0417 e. The lowest BCUT2D eigenvalue weighted by molar-refractivity contribution is -0.307. The first-order valence-electron chi connectivity index (χ1n) is 11.4. The highest BCUT2D eigenvalue weighted by molar-refractivity contribution is 5.72. The average molecular weight is 391 g/mol. The zero-order valence-electron chi connectivity index (χ0n) is 17.7. The van der Waals surface area contributed by atoms with Crippen molar-refractivity contribution in [2.24, 2.45) is 34.5 Å². The van der Waals surface area contributed by atoms with Crippen molar-refractivity contribution < 1.29 is 9.90 Å². The summed E-state index contributed by atoms with van der Waals surface area (Å²) in [7, 11) is 0. The third kappa shape index (κ3) is 2.92. The number of carbonyl (C=O) groups is 1. The molecule has 0 saturated heterocycles. The second kappa shape index (κ2) is 6.82. The predicted molar refractivity (Wildman–Crippen MR) is 112 cm³/mol. The molecule has 6 atom stereocenters. The lowest BCUT2D eigenvalue weighted by Gasteiger charge is -2.58. The monoisotopic (exact) mass is 390 g/mol. The number of aliphatic carboxylic acids is 1. The highest BCUT2D eigenvalue weighted by atomic mass is 16.4. The molecule has 4 aliphatic rings. The summed E-state index contributed by atoms with van der Waals surface area (Å²) in [6, 6.07) is 4.34. The summed E-state index contributed by atoms with van der Waals surface area (Å²) in [4.78, 5) is 15.3. The van der Waals surface area contributed by atoms with E-state index in [1.54, 1.807) is 11.1 Å². The summed E-state index contributed by atoms with van der Waals surface area (Å²) >= 11 is 0. The van der Waals surface area contributed by atoms with E-state index in [4.69, 9.17) is 0 Å². The van der Waals surface area contributed by atoms with Gasteiger partial charge >= 0.3 is 0 Å². The summed E-state index contributed by atoms with van der Waals surface area (Å²) in [5, 5.41) is 11.1. The van der Waals surface area contributed by atoms with Gasteiger partial charge < -0.3 is 9.90 Å². The quantitative estimate of drug-likeness (QED) is 0.697. The van der Waals surface area contributed by atoms with Gasteiger partial charge in [0.2, 0.25) is 0 Å². The molecule has 0 unspecified atom stereocenters. The number of aromatic nitrogens is 1. The SMILES string of the molecule is C[C@]12CC[C@H](CC(=O)[O-])CC1=CC[C@@H]1[C@@H]2CC[C@]2(C)C(c3ccncc3)=CC[C@@H]12. The molecule has 3 nitrogen and oxygen atoms in total. The van der Waals surface area contributed by atoms with Gasteiger partial charge in [-0.05, 0) is 109 Å². The molecule has 0 radical (unpaired) electrons. The van der Waals surface area contributed by atoms with Crippen LogP contribution in [0.2, 0.25) is 0 Å². The molecule has 1 aromatic heterocycles. The molecule has 4 aliphatic carbocycles. The topological polar surface area (TPSA) is 53.0 Å². The summed E-state index contributed by atoms with van der Waals surface area (Å²) in [6.45, 7) is 4.99. The van der Waals surface area contributed by atoms with Crippen LogP contribution in [-0.4, -0.2) is 11.0 Å². The highest BCUT2D eigenvalue weighted by Gasteiger charge is 2.56. The van der Waals surface area contributed by atoms with Gasteiger partial charge in [0.15, 0.2) is 0 Å². The van der Waals surface area contributed by atoms with Crippen molar-refractivity contribution >= 4 is 11.5 Å². The van der Waals surface area contributed by atoms with Crippen molar-refractivity contribution in [1.29, 1.82) is 0 Å². The summed E-state index contributed by atoms with van der Waals surface area (Å²) < 4.78 is 0. The molecule has 0 aromatic carbocycles. The Morgan fingerprint density at radius 1 is 1.07 bits per heavy atom. The first kappa shape index (κ1) is 19.1. The zero-order valence-corrected chi connectivity index (χ0v) is 17.7. The van der Waals surface area contributed by atoms with Gasteiger partial charge in [-0.15, -0.1) is 0 Å². The molecule has 29 heavy (non-hydrogen) atoms. The maximum Gasteiger partial charge on any atom is 0.0417 e. The van der Waals surface area contributed by atoms with Crippen LogP contribution < -0.4 is 5.11 Å². The van der Waals surface area contributed by atoms with Crippen LogP contribution in [0.4, 0.5) is 0 Å². The predicted octanol–water partition coefficient (Wildman–Crippen LogP) is 4.79. The first-order chi connectivity index (χ1) is 13.9. The van der Waals surface area contributed by atoms with E-state index in [9.17, 15) is 9.90 Å². The van der Waals surface area contributed by atoms with Gasteiger partial charge in [0, 0.05) is 18.4 Å². The van der Waals surface area contributed by atoms with Crippen LogP contribution in [-0.2, 0) is 4.79 Å². The van der Waals surface area contributed by atoms with Crippen molar-refractivity contribution in [2.45, 2.75) is 65.2 Å². The fourth-order valence-electron chi connectivity index (χ4n) is 7.69. The van der Waals surface area contributed by atoms with Crippen LogP contribution in [0.25, 0.3) is 5.57 Å². The fraction of sp³-hybridized carbons (Fsp3) is 0.615. The van der Waals surface area contributed by atoms with E-state index in [2.05, 4.69) is 43.1 Å². The van der Waals surface area contributed by atoms with Crippen LogP contribution in [0, 0.1) is 34.5 Å². The molecule has 0 N–H and O–H groups in total. The lowest BCUT2D eigenvalue weighted by atomic mass is 9.47. The van der Waals surface area contributed by atoms with Crippen LogP contribution >= 0.6 is 0 Å². The second-order valence-corrected chi connectivity index (χ2v) is 10.5. The van der Waals surface area contributed by atoms with Gasteiger partial charge in [0.25, 0.3) is 0 Å². The van der Waals surface area contributed by atoms with Crippen molar-refractivity contribution in [3.05, 3.63) is 47.8 Å². The average Bonchev–Trinajstić information content (AvgIpc) is 3.06. The molecule has 2 fully saturated rings. The van der Waals surface area contributed by atoms with Gasteiger partial charge in [-0.1, -0.05) is 31.6 Å². The lowest BCUT2D eigenvalue weighted by Crippen LogP contribution is -2.49. The van der Waals surface area contributed by atoms with Gasteiger partial charge in [0.05, 0.1) is 0 Å². The van der Waals surface area contributed by atoms with Crippen LogP contribution in [0.15, 0.2) is 42.3 Å². The van der Waals surface area contributed by atoms with Gasteiger partial charge in [-0.3, -0.25) is 4.98 Å². The number of carboxylic acids is 1. The Labute approximate surface area is 174 Å². The molecule has 0 aliphatic heterocycles. The van der Waals surface area contributed by atoms with Crippen LogP contribution in [0.1, 0.15) is 70.8 Å². The summed E-state index contributed by atoms with van der Waals surface area (Å²) in [6.07, 6.45) is 17.2. The molecule has 0 bridgehead atoms. The molecule has 1 aromatic rings. The van der Waals surface area contributed by atoms with E-state index in [0.29, 0.717) is 0 Å². The fourth-order valence-corrected chi connectivity index (χ4v) is 7.69. The second-order valence-electron chi connectivity index (χ2n) is 10.5. The number of carbonyl (C=O) groups excluding carboxylic acids is 1. The van der Waals surface area contributed by atoms with Gasteiger partial charge in [-0.25, -0.2) is 0 Å². The number of hydrogen-bond donors (Lipinski definition) is 0. The maximum absolute atomic E-state index is 11.1. The Morgan fingerprint density at radius 2 is 1.83 bits per heavy atom. The number of pyridine rings is 1. The Bertz CT molecular complexity index is 872. The van der Waals surface area contributed by atoms with E-state index >= 15 is 0 Å². The number of hydrogen-bond acceptors (Lipinski definition) is 3. The van der Waals surface area contributed by atoms with Crippen molar-refractivity contribution in [3.8, 4) is 0 Å². The minimum Gasteiger partial charge on any atom is -0.550 e. The Kier molecular flexibility index (Phi) is 4.49. The van der Waals surface area contributed by atoms with E-state index in [0.717, 1.165) is 37.0 Å². The van der Waals surface area contributed by atoms with Gasteiger partial charge in [-0.2, -0.15) is 0 Å². The number of rotatable bonds is 3. The number of nitrogens with zero attached hydrogens (tertiary/aromatic N) is 1. The zero-order chi connectivity index (χ0) is 20.2.